The molecule has 1 saturated heterocycles. The first-order valence-electron chi connectivity index (χ1n) is 8.17. The molecule has 124 valence electrons. The number of likely N-dealkylation sites (tertiary alicyclic amines) is 1. The van der Waals surface area contributed by atoms with Gasteiger partial charge in [-0.15, -0.1) is 0 Å². The van der Waals surface area contributed by atoms with Crippen LogP contribution in [-0.2, 0) is 6.54 Å². The molecule has 5 nitrogen and oxygen atoms in total. The molecule has 0 bridgehead atoms. The number of ether oxygens (including phenoxy) is 1. The Labute approximate surface area is 137 Å². The maximum Gasteiger partial charge on any atom is 0.119 e. The maximum atomic E-state index is 10.1. The highest BCUT2D eigenvalue weighted by atomic mass is 16.5. The number of benzene rings is 1. The van der Waals surface area contributed by atoms with E-state index in [9.17, 15) is 5.11 Å². The second kappa shape index (κ2) is 6.72. The molecule has 5 heteroatoms. The molecule has 23 heavy (non-hydrogen) atoms. The Balaban J connectivity index is 1.78. The Morgan fingerprint density at radius 3 is 2.87 bits per heavy atom. The van der Waals surface area contributed by atoms with E-state index in [1.165, 1.54) is 5.56 Å². The van der Waals surface area contributed by atoms with Crippen molar-refractivity contribution in [2.75, 3.05) is 13.7 Å². The molecule has 1 aromatic heterocycles. The SMILES string of the molecule is COc1cccc([C@@H]2C[C@H](O)CN2Cc2ccn(C(C)C)n2)c1. The molecule has 0 saturated carbocycles. The minimum atomic E-state index is -0.293. The summed E-state index contributed by atoms with van der Waals surface area (Å²) in [4.78, 5) is 2.30. The van der Waals surface area contributed by atoms with Crippen LogP contribution in [0.25, 0.3) is 0 Å². The Hall–Kier alpha value is -1.85. The highest BCUT2D eigenvalue weighted by Crippen LogP contribution is 2.34. The molecule has 1 aliphatic rings. The van der Waals surface area contributed by atoms with Crippen LogP contribution in [0.15, 0.2) is 36.5 Å². The lowest BCUT2D eigenvalue weighted by Gasteiger charge is -2.24. The Morgan fingerprint density at radius 1 is 1.35 bits per heavy atom. The lowest BCUT2D eigenvalue weighted by molar-refractivity contribution is 0.172. The minimum absolute atomic E-state index is 0.198. The summed E-state index contributed by atoms with van der Waals surface area (Å²) in [5, 5.41) is 14.8. The molecular weight excluding hydrogens is 290 g/mol. The van der Waals surface area contributed by atoms with Gasteiger partial charge in [-0.3, -0.25) is 9.58 Å². The van der Waals surface area contributed by atoms with Crippen molar-refractivity contribution in [2.45, 2.75) is 45.0 Å². The van der Waals surface area contributed by atoms with Crippen molar-refractivity contribution in [3.8, 4) is 5.75 Å². The highest BCUT2D eigenvalue weighted by Gasteiger charge is 2.32. The predicted octanol–water partition coefficient (Wildman–Crippen LogP) is 2.78. The standard InChI is InChI=1S/C18H25N3O2/c1-13(2)21-8-7-15(19-21)11-20-12-16(22)10-18(20)14-5-4-6-17(9-14)23-3/h4-9,13,16,18,22H,10-12H2,1-3H3/t16-,18-/m0/s1. The third-order valence-electron chi connectivity index (χ3n) is 4.42. The summed E-state index contributed by atoms with van der Waals surface area (Å²) >= 11 is 0. The lowest BCUT2D eigenvalue weighted by Crippen LogP contribution is -2.24. The van der Waals surface area contributed by atoms with Gasteiger partial charge in [0.15, 0.2) is 0 Å². The molecule has 0 amide bonds. The van der Waals surface area contributed by atoms with Crippen LogP contribution in [0.4, 0.5) is 0 Å². The number of hydrogen-bond acceptors (Lipinski definition) is 4. The summed E-state index contributed by atoms with van der Waals surface area (Å²) in [6.45, 7) is 5.67. The van der Waals surface area contributed by atoms with Gasteiger partial charge in [0.25, 0.3) is 0 Å². The van der Waals surface area contributed by atoms with Gasteiger partial charge in [0.05, 0.1) is 18.9 Å². The van der Waals surface area contributed by atoms with E-state index in [-0.39, 0.29) is 12.1 Å². The smallest absolute Gasteiger partial charge is 0.119 e. The second-order valence-electron chi connectivity index (χ2n) is 6.49. The summed E-state index contributed by atoms with van der Waals surface area (Å²) in [5.41, 5.74) is 2.23. The third-order valence-corrected chi connectivity index (χ3v) is 4.42. The van der Waals surface area contributed by atoms with Gasteiger partial charge in [0.1, 0.15) is 5.75 Å². The number of aliphatic hydroxyl groups excluding tert-OH is 1. The van der Waals surface area contributed by atoms with Gasteiger partial charge < -0.3 is 9.84 Å². The second-order valence-corrected chi connectivity index (χ2v) is 6.49. The maximum absolute atomic E-state index is 10.1. The van der Waals surface area contributed by atoms with Crippen LogP contribution in [0.2, 0.25) is 0 Å². The molecule has 1 N–H and O–H groups in total. The quantitative estimate of drug-likeness (QED) is 0.922. The summed E-state index contributed by atoms with van der Waals surface area (Å²) in [5.74, 6) is 0.855. The van der Waals surface area contributed by atoms with Crippen LogP contribution in [0.5, 0.6) is 5.75 Å². The van der Waals surface area contributed by atoms with E-state index in [4.69, 9.17) is 4.74 Å². The summed E-state index contributed by atoms with van der Waals surface area (Å²) in [6.07, 6.45) is 2.48. The fourth-order valence-corrected chi connectivity index (χ4v) is 3.21. The van der Waals surface area contributed by atoms with Crippen molar-refractivity contribution in [3.63, 3.8) is 0 Å². The van der Waals surface area contributed by atoms with Crippen molar-refractivity contribution in [1.29, 1.82) is 0 Å². The van der Waals surface area contributed by atoms with Gasteiger partial charge in [-0.2, -0.15) is 5.10 Å². The molecule has 1 aliphatic heterocycles. The van der Waals surface area contributed by atoms with Crippen LogP contribution in [0.1, 0.15) is 43.6 Å². The average molecular weight is 315 g/mol. The highest BCUT2D eigenvalue weighted by molar-refractivity contribution is 5.31. The first kappa shape index (κ1) is 16.0. The molecule has 0 spiro atoms. The molecule has 0 aliphatic carbocycles. The number of nitrogens with zero attached hydrogens (tertiary/aromatic N) is 3. The molecule has 0 unspecified atom stereocenters. The molecule has 1 fully saturated rings. The average Bonchev–Trinajstić information content (AvgIpc) is 3.14. The molecule has 2 atom stereocenters. The van der Waals surface area contributed by atoms with Crippen LogP contribution in [0, 0.1) is 0 Å². The van der Waals surface area contributed by atoms with Gasteiger partial charge >= 0.3 is 0 Å². The monoisotopic (exact) mass is 315 g/mol. The molecule has 2 heterocycles. The summed E-state index contributed by atoms with van der Waals surface area (Å²) < 4.78 is 7.30. The zero-order chi connectivity index (χ0) is 16.4. The van der Waals surface area contributed by atoms with Gasteiger partial charge in [0.2, 0.25) is 0 Å². The topological polar surface area (TPSA) is 50.5 Å². The van der Waals surface area contributed by atoms with Gasteiger partial charge in [0, 0.05) is 31.4 Å². The van der Waals surface area contributed by atoms with E-state index in [0.29, 0.717) is 12.6 Å². The normalized spacial score (nSPS) is 22.0. The van der Waals surface area contributed by atoms with Gasteiger partial charge in [-0.25, -0.2) is 0 Å². The zero-order valence-corrected chi connectivity index (χ0v) is 14.0. The van der Waals surface area contributed by atoms with E-state index in [1.54, 1.807) is 7.11 Å². The van der Waals surface area contributed by atoms with Crippen LogP contribution in [-0.4, -0.2) is 39.5 Å². The first-order chi connectivity index (χ1) is 11.1. The fourth-order valence-electron chi connectivity index (χ4n) is 3.21. The van der Waals surface area contributed by atoms with E-state index in [0.717, 1.165) is 24.4 Å². The Morgan fingerprint density at radius 2 is 2.17 bits per heavy atom. The molecule has 1 aromatic carbocycles. The minimum Gasteiger partial charge on any atom is -0.497 e. The molecule has 3 rings (SSSR count). The number of hydrogen-bond donors (Lipinski definition) is 1. The number of rotatable bonds is 5. The number of β-amino-alcohol motifs (C(OH)–C–C–N with tert-alkyl or cyclic N) is 1. The molecular formula is C18H25N3O2. The van der Waals surface area contributed by atoms with E-state index in [2.05, 4.69) is 42.0 Å². The van der Waals surface area contributed by atoms with Crippen LogP contribution >= 0.6 is 0 Å². The van der Waals surface area contributed by atoms with Crippen molar-refractivity contribution < 1.29 is 9.84 Å². The Bertz CT molecular complexity index is 653. The molecule has 0 radical (unpaired) electrons. The van der Waals surface area contributed by atoms with Crippen molar-refractivity contribution in [2.24, 2.45) is 0 Å². The van der Waals surface area contributed by atoms with E-state index >= 15 is 0 Å². The number of aromatic nitrogens is 2. The fraction of sp³-hybridized carbons (Fsp3) is 0.500. The number of methoxy groups -OCH3 is 1. The van der Waals surface area contributed by atoms with Crippen molar-refractivity contribution in [1.82, 2.24) is 14.7 Å². The molecule has 2 aromatic rings. The van der Waals surface area contributed by atoms with E-state index in [1.807, 2.05) is 23.0 Å². The van der Waals surface area contributed by atoms with Crippen molar-refractivity contribution in [3.05, 3.63) is 47.8 Å². The van der Waals surface area contributed by atoms with Crippen molar-refractivity contribution >= 4 is 0 Å². The summed E-state index contributed by atoms with van der Waals surface area (Å²) in [6, 6.07) is 10.7. The Kier molecular flexibility index (Phi) is 4.68. The first-order valence-corrected chi connectivity index (χ1v) is 8.17. The largest absolute Gasteiger partial charge is 0.497 e. The third kappa shape index (κ3) is 3.57. The number of aliphatic hydroxyl groups is 1. The predicted molar refractivity (Wildman–Crippen MR) is 89.4 cm³/mol. The van der Waals surface area contributed by atoms with Gasteiger partial charge in [-0.1, -0.05) is 12.1 Å². The lowest BCUT2D eigenvalue weighted by atomic mass is 10.0. The zero-order valence-electron chi connectivity index (χ0n) is 14.0. The summed E-state index contributed by atoms with van der Waals surface area (Å²) in [7, 11) is 1.68. The van der Waals surface area contributed by atoms with E-state index < -0.39 is 0 Å². The van der Waals surface area contributed by atoms with Gasteiger partial charge in [-0.05, 0) is 44.0 Å². The van der Waals surface area contributed by atoms with Crippen LogP contribution in [0.3, 0.4) is 0 Å². The van der Waals surface area contributed by atoms with Crippen LogP contribution < -0.4 is 4.74 Å².